The first-order chi connectivity index (χ1) is 15.4. The average Bonchev–Trinajstić information content (AvgIpc) is 2.75. The Balaban J connectivity index is 0.000000309. The molecule has 172 valence electrons. The van der Waals surface area contributed by atoms with Crippen LogP contribution in [0, 0.1) is 0 Å². The summed E-state index contributed by atoms with van der Waals surface area (Å²) in [4.78, 5) is 0. The third kappa shape index (κ3) is 9.52. The Morgan fingerprint density at radius 2 is 0.688 bits per heavy atom. The molecule has 8 heteroatoms. The molecule has 0 aliphatic carbocycles. The third-order valence-corrected chi connectivity index (χ3v) is 7.07. The molecule has 6 nitrogen and oxygen atoms in total. The van der Waals surface area contributed by atoms with Crippen molar-refractivity contribution < 1.29 is 13.6 Å². The topological polar surface area (TPSA) is 37.4 Å². The zero-order valence-corrected chi connectivity index (χ0v) is 21.4. The Labute approximate surface area is 195 Å². The van der Waals surface area contributed by atoms with Crippen LogP contribution < -0.4 is 13.6 Å². The van der Waals surface area contributed by atoms with Gasteiger partial charge in [-0.1, -0.05) is 54.6 Å². The van der Waals surface area contributed by atoms with Gasteiger partial charge in [-0.25, -0.2) is 0 Å². The Kier molecular flexibility index (Phi) is 11.4. The highest BCUT2D eigenvalue weighted by atomic mass is 31.2. The van der Waals surface area contributed by atoms with Crippen LogP contribution in [0.15, 0.2) is 91.0 Å². The molecule has 0 amide bonds. The van der Waals surface area contributed by atoms with Crippen LogP contribution in [0.4, 0.5) is 0 Å². The molecule has 0 aliphatic heterocycles. The first-order valence-electron chi connectivity index (χ1n) is 10.2. The molecule has 3 aromatic rings. The lowest BCUT2D eigenvalue weighted by Crippen LogP contribution is -2.25. The maximum Gasteiger partial charge on any atom is 0.530 e. The summed E-state index contributed by atoms with van der Waals surface area (Å²) >= 11 is 0. The van der Waals surface area contributed by atoms with Gasteiger partial charge in [0.1, 0.15) is 25.6 Å². The molecule has 0 atom stereocenters. The van der Waals surface area contributed by atoms with Crippen molar-refractivity contribution in [3.63, 3.8) is 0 Å². The normalized spacial score (nSPS) is 11.0. The summed E-state index contributed by atoms with van der Waals surface area (Å²) in [5, 5.41) is 0. The first-order valence-corrected chi connectivity index (χ1v) is 12.5. The number of nitrogens with zero attached hydrogens (tertiary/aromatic N) is 3. The molecule has 0 saturated heterocycles. The van der Waals surface area contributed by atoms with Gasteiger partial charge < -0.3 is 13.6 Å². The van der Waals surface area contributed by atoms with E-state index in [1.54, 1.807) is 0 Å². The number of para-hydroxylation sites is 3. The molecule has 0 saturated carbocycles. The van der Waals surface area contributed by atoms with Gasteiger partial charge in [0.25, 0.3) is 0 Å². The lowest BCUT2D eigenvalue weighted by molar-refractivity contribution is 0.388. The van der Waals surface area contributed by atoms with Crippen LogP contribution in [-0.4, -0.2) is 56.3 Å². The van der Waals surface area contributed by atoms with Crippen molar-refractivity contribution in [2.24, 2.45) is 0 Å². The minimum Gasteiger partial charge on any atom is -0.409 e. The molecule has 0 fully saturated rings. The highest BCUT2D eigenvalue weighted by Gasteiger charge is 2.19. The van der Waals surface area contributed by atoms with Crippen molar-refractivity contribution in [1.29, 1.82) is 0 Å². The largest absolute Gasteiger partial charge is 0.530 e. The first kappa shape index (κ1) is 26.1. The zero-order valence-electron chi connectivity index (χ0n) is 19.6. The Bertz CT molecular complexity index is 752. The maximum absolute atomic E-state index is 5.84. The molecular formula is C24H33N3O3P2. The molecule has 0 radical (unpaired) electrons. The molecule has 0 N–H and O–H groups in total. The molecule has 0 heterocycles. The van der Waals surface area contributed by atoms with Crippen LogP contribution in [-0.2, 0) is 0 Å². The molecule has 32 heavy (non-hydrogen) atoms. The van der Waals surface area contributed by atoms with Crippen molar-refractivity contribution in [1.82, 2.24) is 14.0 Å². The van der Waals surface area contributed by atoms with E-state index in [1.807, 2.05) is 91.0 Å². The van der Waals surface area contributed by atoms with Gasteiger partial charge in [0.2, 0.25) is 0 Å². The van der Waals surface area contributed by atoms with E-state index in [0.717, 1.165) is 0 Å². The van der Waals surface area contributed by atoms with Crippen molar-refractivity contribution in [2.45, 2.75) is 0 Å². The molecular weight excluding hydrogens is 440 g/mol. The van der Waals surface area contributed by atoms with Gasteiger partial charge in [-0.15, -0.1) is 0 Å². The highest BCUT2D eigenvalue weighted by Crippen LogP contribution is 2.42. The van der Waals surface area contributed by atoms with Crippen molar-refractivity contribution >= 4 is 17.0 Å². The molecule has 3 rings (SSSR count). The predicted molar refractivity (Wildman–Crippen MR) is 136 cm³/mol. The minimum atomic E-state index is -1.59. The molecule has 3 aromatic carbocycles. The summed E-state index contributed by atoms with van der Waals surface area (Å²) in [6.45, 7) is 0. The molecule has 0 spiro atoms. The van der Waals surface area contributed by atoms with Crippen LogP contribution in [0.1, 0.15) is 0 Å². The van der Waals surface area contributed by atoms with Crippen molar-refractivity contribution in [2.75, 3.05) is 42.3 Å². The highest BCUT2D eigenvalue weighted by molar-refractivity contribution is 7.49. The summed E-state index contributed by atoms with van der Waals surface area (Å²) in [6.07, 6.45) is 0. The zero-order chi connectivity index (χ0) is 23.3. The average molecular weight is 473 g/mol. The Morgan fingerprint density at radius 3 is 0.875 bits per heavy atom. The van der Waals surface area contributed by atoms with Gasteiger partial charge in [-0.2, -0.15) is 0 Å². The van der Waals surface area contributed by atoms with Gasteiger partial charge in [-0.3, -0.25) is 14.0 Å². The number of rotatable bonds is 9. The van der Waals surface area contributed by atoms with E-state index >= 15 is 0 Å². The predicted octanol–water partition coefficient (Wildman–Crippen LogP) is 6.35. The second-order valence-electron chi connectivity index (χ2n) is 7.25. The fourth-order valence-corrected chi connectivity index (χ4v) is 5.97. The fourth-order valence-electron chi connectivity index (χ4n) is 2.83. The van der Waals surface area contributed by atoms with E-state index < -0.39 is 8.60 Å². The standard InChI is InChI=1S/C18H15O3P.C6H18N3P/c1-4-10-16(11-5-1)19-22(20-17-12-6-2-7-13-17)21-18-14-8-3-9-15-18;1-7(2)10(8(3)4)9(5)6/h1-15H;1-6H3. The van der Waals surface area contributed by atoms with Crippen molar-refractivity contribution in [3.8, 4) is 17.2 Å². The van der Waals surface area contributed by atoms with E-state index in [0.29, 0.717) is 17.2 Å². The number of benzene rings is 3. The van der Waals surface area contributed by atoms with E-state index in [1.165, 1.54) is 0 Å². The fraction of sp³-hybridized carbons (Fsp3) is 0.250. The van der Waals surface area contributed by atoms with Crippen LogP contribution in [0.25, 0.3) is 0 Å². The Morgan fingerprint density at radius 1 is 0.438 bits per heavy atom. The van der Waals surface area contributed by atoms with Crippen LogP contribution in [0.2, 0.25) is 0 Å². The van der Waals surface area contributed by atoms with E-state index in [2.05, 4.69) is 56.3 Å². The summed E-state index contributed by atoms with van der Waals surface area (Å²) in [5.41, 5.74) is 0. The van der Waals surface area contributed by atoms with E-state index in [-0.39, 0.29) is 8.37 Å². The van der Waals surface area contributed by atoms with E-state index in [4.69, 9.17) is 13.6 Å². The monoisotopic (exact) mass is 473 g/mol. The lowest BCUT2D eigenvalue weighted by Gasteiger charge is -2.34. The van der Waals surface area contributed by atoms with Crippen LogP contribution in [0.5, 0.6) is 17.2 Å². The molecule has 0 bridgehead atoms. The second kappa shape index (κ2) is 14.1. The van der Waals surface area contributed by atoms with Gasteiger partial charge in [0.15, 0.2) is 0 Å². The SMILES string of the molecule is CN(C)P(N(C)C)N(C)C.c1ccc(OP(Oc2ccccc2)Oc2ccccc2)cc1. The van der Waals surface area contributed by atoms with Crippen molar-refractivity contribution in [3.05, 3.63) is 91.0 Å². The maximum atomic E-state index is 5.84. The quantitative estimate of drug-likeness (QED) is 0.337. The summed E-state index contributed by atoms with van der Waals surface area (Å²) in [5.74, 6) is 2.13. The molecule has 0 unspecified atom stereocenters. The lowest BCUT2D eigenvalue weighted by atomic mass is 10.3. The number of hydrogen-bond donors (Lipinski definition) is 0. The van der Waals surface area contributed by atoms with Crippen LogP contribution in [0.3, 0.4) is 0 Å². The van der Waals surface area contributed by atoms with Gasteiger partial charge in [0.05, 0.1) is 0 Å². The summed E-state index contributed by atoms with van der Waals surface area (Å²) in [7, 11) is 10.8. The van der Waals surface area contributed by atoms with Crippen LogP contribution >= 0.6 is 17.0 Å². The van der Waals surface area contributed by atoms with E-state index in [9.17, 15) is 0 Å². The molecule has 0 aliphatic rings. The summed E-state index contributed by atoms with van der Waals surface area (Å²) in [6, 6.07) is 28.5. The smallest absolute Gasteiger partial charge is 0.409 e. The molecule has 0 aromatic heterocycles. The second-order valence-corrected chi connectivity index (χ2v) is 11.2. The van der Waals surface area contributed by atoms with Gasteiger partial charge >= 0.3 is 8.60 Å². The number of hydrogen-bond acceptors (Lipinski definition) is 6. The minimum absolute atomic E-state index is 0.238. The Hall–Kier alpha value is -2.20. The van der Waals surface area contributed by atoms with Gasteiger partial charge in [0, 0.05) is 0 Å². The van der Waals surface area contributed by atoms with Gasteiger partial charge in [-0.05, 0) is 78.7 Å². The summed E-state index contributed by atoms with van der Waals surface area (Å²) < 4.78 is 24.2. The third-order valence-electron chi connectivity index (χ3n) is 3.84.